The normalized spacial score (nSPS) is 11.2. The molecule has 0 aromatic heterocycles. The second-order valence-electron chi connectivity index (χ2n) is 9.21. The van der Waals surface area contributed by atoms with Crippen molar-refractivity contribution in [1.29, 1.82) is 0 Å². The van der Waals surface area contributed by atoms with Crippen LogP contribution in [-0.4, -0.2) is 24.5 Å². The predicted octanol–water partition coefficient (Wildman–Crippen LogP) is 9.96. The first-order valence-electron chi connectivity index (χ1n) is 13.6. The van der Waals surface area contributed by atoms with E-state index >= 15 is 0 Å². The second kappa shape index (κ2) is 28.2. The Hall–Kier alpha value is 0.250. The molecule has 0 bridgehead atoms. The molecule has 0 aliphatic heterocycles. The highest BCUT2D eigenvalue weighted by Crippen LogP contribution is 2.12. The van der Waals surface area contributed by atoms with E-state index < -0.39 is 0 Å². The first kappa shape index (κ1) is 31.4. The smallest absolute Gasteiger partial charge is 0.00187 e. The molecule has 0 aliphatic carbocycles. The Labute approximate surface area is 192 Å². The van der Waals surface area contributed by atoms with Gasteiger partial charge in [0.25, 0.3) is 0 Å². The molecule has 2 heteroatoms. The Morgan fingerprint density at radius 1 is 0.310 bits per heavy atom. The molecular formula is C27H58ClN. The van der Waals surface area contributed by atoms with Crippen LogP contribution in [0.4, 0.5) is 0 Å². The Morgan fingerprint density at radius 2 is 0.517 bits per heavy atom. The Balaban J connectivity index is 0. The minimum Gasteiger partial charge on any atom is -0.303 e. The number of rotatable bonds is 24. The van der Waals surface area contributed by atoms with Crippen LogP contribution in [0.5, 0.6) is 0 Å². The number of nitrogens with zero attached hydrogens (tertiary/aromatic N) is 1. The quantitative estimate of drug-likeness (QED) is 0.137. The zero-order valence-electron chi connectivity index (χ0n) is 20.8. The van der Waals surface area contributed by atoms with Crippen LogP contribution in [0.25, 0.3) is 0 Å². The van der Waals surface area contributed by atoms with Crippen molar-refractivity contribution in [2.75, 3.05) is 19.6 Å². The molecule has 0 heterocycles. The minimum atomic E-state index is 0. The molecule has 0 fully saturated rings. The van der Waals surface area contributed by atoms with E-state index in [-0.39, 0.29) is 12.4 Å². The van der Waals surface area contributed by atoms with Crippen LogP contribution < -0.4 is 0 Å². The molecule has 0 radical (unpaired) electrons. The number of hydrogen-bond acceptors (Lipinski definition) is 1. The van der Waals surface area contributed by atoms with E-state index in [1.807, 2.05) is 0 Å². The lowest BCUT2D eigenvalue weighted by atomic mass is 10.1. The summed E-state index contributed by atoms with van der Waals surface area (Å²) in [5.41, 5.74) is 0. The molecule has 0 saturated carbocycles. The molecule has 0 aromatic rings. The average molecular weight is 432 g/mol. The third kappa shape index (κ3) is 26.2. The van der Waals surface area contributed by atoms with Gasteiger partial charge in [0, 0.05) is 0 Å². The van der Waals surface area contributed by atoms with Crippen molar-refractivity contribution in [3.63, 3.8) is 0 Å². The first-order chi connectivity index (χ1) is 13.8. The Morgan fingerprint density at radius 3 is 0.759 bits per heavy atom. The highest BCUT2D eigenvalue weighted by Gasteiger charge is 2.05. The third-order valence-corrected chi connectivity index (χ3v) is 6.23. The van der Waals surface area contributed by atoms with Crippen molar-refractivity contribution in [1.82, 2.24) is 4.90 Å². The van der Waals surface area contributed by atoms with Crippen LogP contribution in [0, 0.1) is 0 Å². The third-order valence-electron chi connectivity index (χ3n) is 6.23. The van der Waals surface area contributed by atoms with Gasteiger partial charge in [-0.3, -0.25) is 0 Å². The van der Waals surface area contributed by atoms with Gasteiger partial charge >= 0.3 is 0 Å². The van der Waals surface area contributed by atoms with Crippen molar-refractivity contribution < 1.29 is 0 Å². The molecule has 0 saturated heterocycles. The summed E-state index contributed by atoms with van der Waals surface area (Å²) < 4.78 is 0. The summed E-state index contributed by atoms with van der Waals surface area (Å²) >= 11 is 0. The molecular weight excluding hydrogens is 374 g/mol. The maximum absolute atomic E-state index is 2.81. The van der Waals surface area contributed by atoms with Gasteiger partial charge < -0.3 is 4.90 Å². The summed E-state index contributed by atoms with van der Waals surface area (Å²) in [6.07, 6.45) is 30.2. The Kier molecular flexibility index (Phi) is 30.6. The maximum atomic E-state index is 2.81. The standard InChI is InChI=1S/C27H57N.ClH/c1-4-7-10-13-16-19-22-25-28(26-23-20-17-14-11-8-5-2)27-24-21-18-15-12-9-6-3;/h4-27H2,1-3H3;1H. The van der Waals surface area contributed by atoms with Crippen molar-refractivity contribution >= 4 is 12.4 Å². The van der Waals surface area contributed by atoms with E-state index in [2.05, 4.69) is 25.7 Å². The molecule has 178 valence electrons. The summed E-state index contributed by atoms with van der Waals surface area (Å²) in [5.74, 6) is 0. The van der Waals surface area contributed by atoms with Crippen molar-refractivity contribution in [2.24, 2.45) is 0 Å². The molecule has 0 aliphatic rings. The van der Waals surface area contributed by atoms with Gasteiger partial charge in [-0.2, -0.15) is 0 Å². The van der Waals surface area contributed by atoms with Gasteiger partial charge in [0.2, 0.25) is 0 Å². The number of halogens is 1. The van der Waals surface area contributed by atoms with E-state index in [0.717, 1.165) is 0 Å². The van der Waals surface area contributed by atoms with Gasteiger partial charge in [0.15, 0.2) is 0 Å². The van der Waals surface area contributed by atoms with Crippen molar-refractivity contribution in [2.45, 2.75) is 156 Å². The van der Waals surface area contributed by atoms with Gasteiger partial charge in [0.1, 0.15) is 0 Å². The van der Waals surface area contributed by atoms with E-state index in [4.69, 9.17) is 0 Å². The van der Waals surface area contributed by atoms with Crippen LogP contribution in [0.1, 0.15) is 156 Å². The van der Waals surface area contributed by atoms with Crippen LogP contribution in [-0.2, 0) is 0 Å². The lowest BCUT2D eigenvalue weighted by Crippen LogP contribution is -2.27. The minimum absolute atomic E-state index is 0. The fourth-order valence-corrected chi connectivity index (χ4v) is 4.21. The topological polar surface area (TPSA) is 3.24 Å². The van der Waals surface area contributed by atoms with Crippen LogP contribution in [0.15, 0.2) is 0 Å². The van der Waals surface area contributed by atoms with Crippen LogP contribution >= 0.6 is 12.4 Å². The van der Waals surface area contributed by atoms with Crippen molar-refractivity contribution in [3.8, 4) is 0 Å². The van der Waals surface area contributed by atoms with Gasteiger partial charge in [-0.1, -0.05) is 136 Å². The lowest BCUT2D eigenvalue weighted by Gasteiger charge is -2.22. The second-order valence-corrected chi connectivity index (χ2v) is 9.21. The van der Waals surface area contributed by atoms with E-state index in [9.17, 15) is 0 Å². The average Bonchev–Trinajstić information content (AvgIpc) is 2.71. The van der Waals surface area contributed by atoms with Gasteiger partial charge in [-0.15, -0.1) is 12.4 Å². The van der Waals surface area contributed by atoms with E-state index in [1.54, 1.807) is 0 Å². The monoisotopic (exact) mass is 431 g/mol. The molecule has 29 heavy (non-hydrogen) atoms. The summed E-state index contributed by atoms with van der Waals surface area (Å²) in [7, 11) is 0. The van der Waals surface area contributed by atoms with E-state index in [0.29, 0.717) is 0 Å². The molecule has 0 aromatic carbocycles. The highest BCUT2D eigenvalue weighted by molar-refractivity contribution is 5.85. The summed E-state index contributed by atoms with van der Waals surface area (Å²) in [4.78, 5) is 2.81. The van der Waals surface area contributed by atoms with Crippen LogP contribution in [0.2, 0.25) is 0 Å². The first-order valence-corrected chi connectivity index (χ1v) is 13.6. The fourth-order valence-electron chi connectivity index (χ4n) is 4.21. The largest absolute Gasteiger partial charge is 0.303 e. The maximum Gasteiger partial charge on any atom is -0.00187 e. The van der Waals surface area contributed by atoms with Crippen molar-refractivity contribution in [3.05, 3.63) is 0 Å². The Bertz CT molecular complexity index is 226. The molecule has 0 N–H and O–H groups in total. The molecule has 0 rings (SSSR count). The zero-order chi connectivity index (χ0) is 20.5. The van der Waals surface area contributed by atoms with Gasteiger partial charge in [-0.05, 0) is 38.9 Å². The highest BCUT2D eigenvalue weighted by atomic mass is 35.5. The molecule has 0 amide bonds. The van der Waals surface area contributed by atoms with E-state index in [1.165, 1.54) is 154 Å². The molecule has 0 unspecified atom stereocenters. The predicted molar refractivity (Wildman–Crippen MR) is 138 cm³/mol. The molecule has 0 spiro atoms. The van der Waals surface area contributed by atoms with Crippen LogP contribution in [0.3, 0.4) is 0 Å². The summed E-state index contributed by atoms with van der Waals surface area (Å²) in [6, 6.07) is 0. The number of unbranched alkanes of at least 4 members (excludes halogenated alkanes) is 18. The lowest BCUT2D eigenvalue weighted by molar-refractivity contribution is 0.254. The molecule has 1 nitrogen and oxygen atoms in total. The summed E-state index contributed by atoms with van der Waals surface area (Å²) in [5, 5.41) is 0. The van der Waals surface area contributed by atoms with Gasteiger partial charge in [-0.25, -0.2) is 0 Å². The van der Waals surface area contributed by atoms with Gasteiger partial charge in [0.05, 0.1) is 0 Å². The number of hydrogen-bond donors (Lipinski definition) is 0. The molecule has 0 atom stereocenters. The SMILES string of the molecule is CCCCCCCCCN(CCCCCCCCC)CCCCCCCCC.Cl. The fraction of sp³-hybridized carbons (Fsp3) is 1.00. The zero-order valence-corrected chi connectivity index (χ0v) is 21.6. The summed E-state index contributed by atoms with van der Waals surface area (Å²) in [6.45, 7) is 11.0.